The zero-order valence-electron chi connectivity index (χ0n) is 11.3. The molecule has 110 valence electrons. The van der Waals surface area contributed by atoms with Gasteiger partial charge in [-0.3, -0.25) is 0 Å². The molecule has 0 aliphatic heterocycles. The molecule has 20 heavy (non-hydrogen) atoms. The first-order valence-electron chi connectivity index (χ1n) is 6.07. The van der Waals surface area contributed by atoms with Crippen LogP contribution < -0.4 is 10.0 Å². The van der Waals surface area contributed by atoms with E-state index in [-0.39, 0.29) is 0 Å². The summed E-state index contributed by atoms with van der Waals surface area (Å²) in [5, 5.41) is 12.3. The van der Waals surface area contributed by atoms with Gasteiger partial charge in [-0.1, -0.05) is 0 Å². The van der Waals surface area contributed by atoms with E-state index in [2.05, 4.69) is 20.2 Å². The Morgan fingerprint density at radius 2 is 2.25 bits per heavy atom. The van der Waals surface area contributed by atoms with Crippen LogP contribution in [0.5, 0.6) is 0 Å². The monoisotopic (exact) mass is 315 g/mol. The first kappa shape index (κ1) is 15.1. The SMILES string of the molecule is CNCc1cc(S(=O)(=O)NCCc2nncn2C)cs1. The predicted molar refractivity (Wildman–Crippen MR) is 77.0 cm³/mol. The fourth-order valence-corrected chi connectivity index (χ4v) is 4.00. The second-order valence-corrected chi connectivity index (χ2v) is 7.05. The molecule has 2 heterocycles. The average molecular weight is 315 g/mol. The molecular weight excluding hydrogens is 298 g/mol. The molecule has 0 fully saturated rings. The van der Waals surface area contributed by atoms with Gasteiger partial charge in [0.25, 0.3) is 0 Å². The van der Waals surface area contributed by atoms with Gasteiger partial charge in [-0.2, -0.15) is 0 Å². The number of rotatable bonds is 7. The Kier molecular flexibility index (Phi) is 4.86. The van der Waals surface area contributed by atoms with Gasteiger partial charge in [0.1, 0.15) is 12.2 Å². The summed E-state index contributed by atoms with van der Waals surface area (Å²) in [4.78, 5) is 1.30. The Morgan fingerprint density at radius 1 is 1.45 bits per heavy atom. The number of aryl methyl sites for hydroxylation is 1. The summed E-state index contributed by atoms with van der Waals surface area (Å²) in [5.41, 5.74) is 0. The summed E-state index contributed by atoms with van der Waals surface area (Å²) in [6.45, 7) is 0.963. The van der Waals surface area contributed by atoms with Crippen molar-refractivity contribution < 1.29 is 8.42 Å². The number of thiophene rings is 1. The molecule has 0 aromatic carbocycles. The molecule has 0 saturated carbocycles. The van der Waals surface area contributed by atoms with E-state index in [1.807, 2.05) is 14.1 Å². The van der Waals surface area contributed by atoms with E-state index in [0.29, 0.717) is 24.4 Å². The van der Waals surface area contributed by atoms with Crippen molar-refractivity contribution in [1.82, 2.24) is 24.8 Å². The summed E-state index contributed by atoms with van der Waals surface area (Å²) in [6, 6.07) is 1.69. The molecule has 0 aliphatic rings. The number of aromatic nitrogens is 3. The van der Waals surface area contributed by atoms with Crippen molar-refractivity contribution in [3.63, 3.8) is 0 Å². The van der Waals surface area contributed by atoms with Gasteiger partial charge in [-0.25, -0.2) is 13.1 Å². The van der Waals surface area contributed by atoms with Crippen LogP contribution in [-0.2, 0) is 30.0 Å². The Balaban J connectivity index is 1.95. The highest BCUT2D eigenvalue weighted by atomic mass is 32.2. The van der Waals surface area contributed by atoms with Crippen LogP contribution in [0.15, 0.2) is 22.7 Å². The largest absolute Gasteiger partial charge is 0.321 e. The maximum absolute atomic E-state index is 12.1. The van der Waals surface area contributed by atoms with Gasteiger partial charge in [-0.05, 0) is 13.1 Å². The van der Waals surface area contributed by atoms with Crippen molar-refractivity contribution in [2.24, 2.45) is 7.05 Å². The zero-order valence-corrected chi connectivity index (χ0v) is 13.0. The van der Waals surface area contributed by atoms with Crippen LogP contribution in [0, 0.1) is 0 Å². The van der Waals surface area contributed by atoms with Crippen LogP contribution in [0.25, 0.3) is 0 Å². The van der Waals surface area contributed by atoms with E-state index >= 15 is 0 Å². The van der Waals surface area contributed by atoms with Gasteiger partial charge in [0, 0.05) is 36.8 Å². The highest BCUT2D eigenvalue weighted by Crippen LogP contribution is 2.18. The van der Waals surface area contributed by atoms with Crippen molar-refractivity contribution in [1.29, 1.82) is 0 Å². The first-order valence-corrected chi connectivity index (χ1v) is 8.44. The van der Waals surface area contributed by atoms with Crippen LogP contribution in [-0.4, -0.2) is 36.8 Å². The third-order valence-electron chi connectivity index (χ3n) is 2.74. The average Bonchev–Trinajstić information content (AvgIpc) is 3.00. The number of hydrogen-bond acceptors (Lipinski definition) is 6. The van der Waals surface area contributed by atoms with E-state index in [9.17, 15) is 8.42 Å². The highest BCUT2D eigenvalue weighted by Gasteiger charge is 2.16. The van der Waals surface area contributed by atoms with E-state index in [1.165, 1.54) is 11.3 Å². The Bertz CT molecular complexity index is 662. The molecule has 2 N–H and O–H groups in total. The van der Waals surface area contributed by atoms with Crippen LogP contribution in [0.3, 0.4) is 0 Å². The molecule has 2 aromatic rings. The second kappa shape index (κ2) is 6.44. The third kappa shape index (κ3) is 3.63. The molecule has 0 saturated heterocycles. The smallest absolute Gasteiger partial charge is 0.241 e. The van der Waals surface area contributed by atoms with Crippen molar-refractivity contribution in [3.8, 4) is 0 Å². The van der Waals surface area contributed by atoms with Crippen LogP contribution in [0.4, 0.5) is 0 Å². The van der Waals surface area contributed by atoms with Crippen molar-refractivity contribution in [2.45, 2.75) is 17.9 Å². The minimum absolute atomic E-state index is 0.298. The lowest BCUT2D eigenvalue weighted by Crippen LogP contribution is -2.26. The molecule has 0 atom stereocenters. The second-order valence-electron chi connectivity index (χ2n) is 4.28. The van der Waals surface area contributed by atoms with Gasteiger partial charge in [0.05, 0.1) is 4.90 Å². The maximum atomic E-state index is 12.1. The van der Waals surface area contributed by atoms with E-state index in [4.69, 9.17) is 0 Å². The van der Waals surface area contributed by atoms with Crippen LogP contribution in [0.1, 0.15) is 10.7 Å². The molecule has 9 heteroatoms. The molecule has 2 rings (SSSR count). The van der Waals surface area contributed by atoms with Gasteiger partial charge < -0.3 is 9.88 Å². The summed E-state index contributed by atoms with van der Waals surface area (Å²) in [7, 11) is 0.204. The zero-order chi connectivity index (χ0) is 14.6. The Labute approximate surface area is 122 Å². The fraction of sp³-hybridized carbons (Fsp3) is 0.455. The minimum Gasteiger partial charge on any atom is -0.321 e. The number of sulfonamides is 1. The molecule has 2 aromatic heterocycles. The molecule has 0 radical (unpaired) electrons. The highest BCUT2D eigenvalue weighted by molar-refractivity contribution is 7.89. The van der Waals surface area contributed by atoms with Gasteiger partial charge in [0.15, 0.2) is 0 Å². The molecule has 0 unspecified atom stereocenters. The fourth-order valence-electron chi connectivity index (χ4n) is 1.68. The lowest BCUT2D eigenvalue weighted by atomic mass is 10.4. The predicted octanol–water partition coefficient (Wildman–Crippen LogP) is 0.117. The van der Waals surface area contributed by atoms with E-state index in [1.54, 1.807) is 22.3 Å². The van der Waals surface area contributed by atoms with E-state index in [0.717, 1.165) is 10.7 Å². The lowest BCUT2D eigenvalue weighted by Gasteiger charge is -2.04. The topological polar surface area (TPSA) is 88.9 Å². The molecule has 7 nitrogen and oxygen atoms in total. The Hall–Kier alpha value is -1.29. The Morgan fingerprint density at radius 3 is 2.90 bits per heavy atom. The van der Waals surface area contributed by atoms with Crippen LogP contribution in [0.2, 0.25) is 0 Å². The van der Waals surface area contributed by atoms with Gasteiger partial charge in [0.2, 0.25) is 10.0 Å². The summed E-state index contributed by atoms with van der Waals surface area (Å²) >= 11 is 1.43. The number of hydrogen-bond donors (Lipinski definition) is 2. The minimum atomic E-state index is -3.45. The summed E-state index contributed by atoms with van der Waals surface area (Å²) < 4.78 is 28.5. The number of nitrogens with one attached hydrogen (secondary N) is 2. The quantitative estimate of drug-likeness (QED) is 0.757. The molecule has 0 spiro atoms. The van der Waals surface area contributed by atoms with Crippen LogP contribution >= 0.6 is 11.3 Å². The summed E-state index contributed by atoms with van der Waals surface area (Å²) in [6.07, 6.45) is 2.09. The van der Waals surface area contributed by atoms with Gasteiger partial charge >= 0.3 is 0 Å². The van der Waals surface area contributed by atoms with Crippen molar-refractivity contribution in [2.75, 3.05) is 13.6 Å². The van der Waals surface area contributed by atoms with E-state index < -0.39 is 10.0 Å². The standard InChI is InChI=1S/C11H17N5O2S2/c1-12-6-9-5-10(7-19-9)20(17,18)14-4-3-11-15-13-8-16(11)2/h5,7-8,12,14H,3-4,6H2,1-2H3. The number of nitrogens with zero attached hydrogens (tertiary/aromatic N) is 3. The summed E-state index contributed by atoms with van der Waals surface area (Å²) in [5.74, 6) is 0.744. The van der Waals surface area contributed by atoms with Crippen molar-refractivity contribution in [3.05, 3.63) is 28.5 Å². The molecule has 0 aliphatic carbocycles. The molecule has 0 bridgehead atoms. The third-order valence-corrected chi connectivity index (χ3v) is 5.26. The van der Waals surface area contributed by atoms with Gasteiger partial charge in [-0.15, -0.1) is 21.5 Å². The normalized spacial score (nSPS) is 11.9. The lowest BCUT2D eigenvalue weighted by molar-refractivity contribution is 0.580. The molecular formula is C11H17N5O2S2. The molecule has 0 amide bonds. The first-order chi connectivity index (χ1) is 9.53. The maximum Gasteiger partial charge on any atom is 0.241 e. The van der Waals surface area contributed by atoms with Crippen molar-refractivity contribution >= 4 is 21.4 Å².